The lowest BCUT2D eigenvalue weighted by Crippen LogP contribution is -2.02. The minimum atomic E-state index is 0.946. The zero-order valence-electron chi connectivity index (χ0n) is 15.0. The summed E-state index contributed by atoms with van der Waals surface area (Å²) in [5.41, 5.74) is 8.19. The van der Waals surface area contributed by atoms with Crippen LogP contribution in [-0.2, 0) is 0 Å². The SMILES string of the molecule is [C+]1=CC=Cc2nc3ccccc3c(-c3c4c(nc5ccccc35)C=CC=[C+]4)c21. The van der Waals surface area contributed by atoms with Crippen LogP contribution in [0, 0.1) is 12.2 Å². The highest BCUT2D eigenvalue weighted by Crippen LogP contribution is 2.41. The van der Waals surface area contributed by atoms with Gasteiger partial charge in [0.1, 0.15) is 11.1 Å². The molecule has 0 aliphatic heterocycles. The van der Waals surface area contributed by atoms with E-state index in [2.05, 4.69) is 60.7 Å². The van der Waals surface area contributed by atoms with Crippen molar-refractivity contribution in [1.82, 2.24) is 9.97 Å². The third-order valence-corrected chi connectivity index (χ3v) is 5.25. The van der Waals surface area contributed by atoms with Crippen molar-refractivity contribution in [2.45, 2.75) is 0 Å². The van der Waals surface area contributed by atoms with Crippen molar-refractivity contribution in [3.63, 3.8) is 0 Å². The summed E-state index contributed by atoms with van der Waals surface area (Å²) in [6, 6.07) is 16.6. The van der Waals surface area contributed by atoms with Gasteiger partial charge < -0.3 is 0 Å². The molecule has 2 heterocycles. The molecule has 28 heavy (non-hydrogen) atoms. The molecule has 0 bridgehead atoms. The van der Waals surface area contributed by atoms with Crippen molar-refractivity contribution in [2.24, 2.45) is 0 Å². The number of para-hydroxylation sites is 2. The maximum absolute atomic E-state index is 4.87. The third kappa shape index (κ3) is 2.11. The summed E-state index contributed by atoms with van der Waals surface area (Å²) in [6.45, 7) is 0. The van der Waals surface area contributed by atoms with E-state index in [4.69, 9.17) is 9.97 Å². The molecule has 2 nitrogen and oxygen atoms in total. The Balaban J connectivity index is 1.88. The molecule has 0 spiro atoms. The second-order valence-corrected chi connectivity index (χ2v) is 6.87. The molecule has 0 amide bonds. The van der Waals surface area contributed by atoms with Gasteiger partial charge in [-0.3, -0.25) is 0 Å². The molecule has 4 aromatic rings. The minimum Gasteiger partial charge on any atom is -0.196 e. The molecule has 2 heteroatoms. The molecule has 0 saturated heterocycles. The van der Waals surface area contributed by atoms with E-state index in [9.17, 15) is 0 Å². The van der Waals surface area contributed by atoms with Crippen molar-refractivity contribution in [2.75, 3.05) is 0 Å². The predicted molar refractivity (Wildman–Crippen MR) is 114 cm³/mol. The van der Waals surface area contributed by atoms with Crippen LogP contribution >= 0.6 is 0 Å². The average molecular weight is 354 g/mol. The van der Waals surface area contributed by atoms with Gasteiger partial charge in [0.05, 0.1) is 34.0 Å². The van der Waals surface area contributed by atoms with E-state index in [-0.39, 0.29) is 0 Å². The van der Waals surface area contributed by atoms with E-state index in [1.165, 1.54) is 0 Å². The average Bonchev–Trinajstić information content (AvgIpc) is 2.76. The molecule has 2 aromatic heterocycles. The second kappa shape index (κ2) is 5.77. The second-order valence-electron chi connectivity index (χ2n) is 6.87. The van der Waals surface area contributed by atoms with E-state index in [1.807, 2.05) is 36.4 Å². The number of rotatable bonds is 1. The van der Waals surface area contributed by atoms with Crippen LogP contribution in [0.5, 0.6) is 0 Å². The van der Waals surface area contributed by atoms with Gasteiger partial charge in [0.25, 0.3) is 0 Å². The monoisotopic (exact) mass is 354 g/mol. The summed E-state index contributed by atoms with van der Waals surface area (Å²) in [7, 11) is 0. The number of pyridine rings is 2. The minimum absolute atomic E-state index is 0.946. The first kappa shape index (κ1) is 15.1. The van der Waals surface area contributed by atoms with E-state index in [0.717, 1.165) is 55.4 Å². The smallest absolute Gasteiger partial charge is 0.192 e. The van der Waals surface area contributed by atoms with E-state index >= 15 is 0 Å². The van der Waals surface area contributed by atoms with Crippen LogP contribution in [0.1, 0.15) is 22.5 Å². The molecule has 0 radical (unpaired) electrons. The van der Waals surface area contributed by atoms with Crippen molar-refractivity contribution < 1.29 is 0 Å². The van der Waals surface area contributed by atoms with Crippen LogP contribution in [0.25, 0.3) is 45.1 Å². The van der Waals surface area contributed by atoms with Crippen LogP contribution in [0.2, 0.25) is 0 Å². The standard InChI is InChI=1S/C26H14N2/c1-5-13-21-17(9-1)25(18-10-2-6-14-22(18)27-21)26-19-11-3-7-15-23(19)28-24-16-8-4-12-20(24)26/h1-9,11,13-16H/q+2. The van der Waals surface area contributed by atoms with Crippen LogP contribution in [0.3, 0.4) is 0 Å². The first-order chi connectivity index (χ1) is 13.9. The lowest BCUT2D eigenvalue weighted by Gasteiger charge is -2.11. The number of allylic oxidation sites excluding steroid dienone is 4. The van der Waals surface area contributed by atoms with E-state index in [1.54, 1.807) is 0 Å². The lowest BCUT2D eigenvalue weighted by molar-refractivity contribution is 1.30. The van der Waals surface area contributed by atoms with Gasteiger partial charge in [0, 0.05) is 36.5 Å². The molecule has 0 unspecified atom stereocenters. The maximum Gasteiger partial charge on any atom is 0.192 e. The Morgan fingerprint density at radius 2 is 1.04 bits per heavy atom. The summed E-state index contributed by atoms with van der Waals surface area (Å²) < 4.78 is 0. The Hall–Kier alpha value is -3.96. The van der Waals surface area contributed by atoms with Crippen LogP contribution in [-0.4, -0.2) is 9.97 Å². The van der Waals surface area contributed by atoms with Crippen LogP contribution in [0.4, 0.5) is 0 Å². The molecule has 2 aliphatic rings. The normalized spacial score (nSPS) is 13.3. The lowest BCUT2D eigenvalue weighted by atomic mass is 9.86. The largest absolute Gasteiger partial charge is 0.196 e. The van der Waals surface area contributed by atoms with Crippen LogP contribution < -0.4 is 0 Å². The number of hydrogen-bond acceptors (Lipinski definition) is 2. The number of fused-ring (bicyclic) bond motifs is 4. The van der Waals surface area contributed by atoms with E-state index in [0.29, 0.717) is 0 Å². The molecule has 0 atom stereocenters. The molecule has 0 fully saturated rings. The predicted octanol–water partition coefficient (Wildman–Crippen LogP) is 5.92. The van der Waals surface area contributed by atoms with Crippen LogP contribution in [0.15, 0.2) is 72.8 Å². The molecule has 0 saturated carbocycles. The fourth-order valence-corrected chi connectivity index (χ4v) is 4.06. The van der Waals surface area contributed by atoms with Gasteiger partial charge in [-0.2, -0.15) is 9.97 Å². The first-order valence-corrected chi connectivity index (χ1v) is 9.29. The van der Waals surface area contributed by atoms with Gasteiger partial charge in [-0.15, -0.1) is 0 Å². The zero-order chi connectivity index (χ0) is 18.5. The van der Waals surface area contributed by atoms with Gasteiger partial charge in [-0.1, -0.05) is 24.3 Å². The molecule has 2 aromatic carbocycles. The van der Waals surface area contributed by atoms with Crippen molar-refractivity contribution in [1.29, 1.82) is 0 Å². The fraction of sp³-hybridized carbons (Fsp3) is 0. The van der Waals surface area contributed by atoms with Gasteiger partial charge in [-0.05, 0) is 24.3 Å². The summed E-state index contributed by atoms with van der Waals surface area (Å²) in [5.74, 6) is 0. The summed E-state index contributed by atoms with van der Waals surface area (Å²) in [5, 5.41) is 2.24. The fourth-order valence-electron chi connectivity index (χ4n) is 4.06. The Kier molecular flexibility index (Phi) is 3.12. The topological polar surface area (TPSA) is 25.8 Å². The quantitative estimate of drug-likeness (QED) is 0.397. The highest BCUT2D eigenvalue weighted by atomic mass is 14.7. The zero-order valence-corrected chi connectivity index (χ0v) is 15.0. The number of hydrogen-bond donors (Lipinski definition) is 0. The Morgan fingerprint density at radius 3 is 1.54 bits per heavy atom. The molecule has 2 aliphatic carbocycles. The summed E-state index contributed by atoms with van der Waals surface area (Å²) >= 11 is 0. The first-order valence-electron chi connectivity index (χ1n) is 9.29. The van der Waals surface area contributed by atoms with Gasteiger partial charge in [-0.25, -0.2) is 0 Å². The molecular weight excluding hydrogens is 340 g/mol. The number of benzene rings is 2. The van der Waals surface area contributed by atoms with Crippen molar-refractivity contribution in [3.05, 3.63) is 108 Å². The Labute approximate surface area is 162 Å². The third-order valence-electron chi connectivity index (χ3n) is 5.25. The van der Waals surface area contributed by atoms with Gasteiger partial charge >= 0.3 is 0 Å². The molecule has 6 rings (SSSR count). The van der Waals surface area contributed by atoms with Gasteiger partial charge in [0.2, 0.25) is 0 Å². The highest BCUT2D eigenvalue weighted by molar-refractivity contribution is 6.08. The highest BCUT2D eigenvalue weighted by Gasteiger charge is 2.32. The molecular formula is C26H14N2+2. The maximum atomic E-state index is 4.87. The Morgan fingerprint density at radius 1 is 0.571 bits per heavy atom. The molecule has 126 valence electrons. The van der Waals surface area contributed by atoms with Crippen molar-refractivity contribution in [3.8, 4) is 11.1 Å². The Bertz CT molecular complexity index is 1290. The van der Waals surface area contributed by atoms with Gasteiger partial charge in [0.15, 0.2) is 22.5 Å². The van der Waals surface area contributed by atoms with Crippen molar-refractivity contribution >= 4 is 34.0 Å². The molecule has 0 N–H and O–H groups in total. The number of nitrogens with zero attached hydrogens (tertiary/aromatic N) is 2. The van der Waals surface area contributed by atoms with E-state index < -0.39 is 0 Å². The summed E-state index contributed by atoms with van der Waals surface area (Å²) in [6.07, 6.45) is 18.9. The summed E-state index contributed by atoms with van der Waals surface area (Å²) in [4.78, 5) is 9.73. The number of aromatic nitrogens is 2.